The van der Waals surface area contributed by atoms with Gasteiger partial charge in [-0.2, -0.15) is 0 Å². The van der Waals surface area contributed by atoms with E-state index in [1.807, 2.05) is 18.2 Å². The van der Waals surface area contributed by atoms with Gasteiger partial charge in [0.1, 0.15) is 12.4 Å². The Morgan fingerprint density at radius 3 is 2.90 bits per heavy atom. The molecule has 118 valence electrons. The average Bonchev–Trinajstić information content (AvgIpc) is 2.98. The molecule has 0 aromatic heterocycles. The summed E-state index contributed by atoms with van der Waals surface area (Å²) in [7, 11) is 0. The molecule has 1 aliphatic heterocycles. The molecule has 4 nitrogen and oxygen atoms in total. The normalized spacial score (nSPS) is 18.3. The van der Waals surface area contributed by atoms with Gasteiger partial charge in [-0.25, -0.2) is 0 Å². The Labute approximate surface area is 127 Å². The van der Waals surface area contributed by atoms with Crippen molar-refractivity contribution in [3.8, 4) is 5.75 Å². The van der Waals surface area contributed by atoms with Gasteiger partial charge in [-0.1, -0.05) is 32.0 Å². The van der Waals surface area contributed by atoms with Gasteiger partial charge < -0.3 is 19.5 Å². The van der Waals surface area contributed by atoms with Crippen molar-refractivity contribution in [3.63, 3.8) is 0 Å². The number of nitrogens with one attached hydrogen (secondary N) is 1. The summed E-state index contributed by atoms with van der Waals surface area (Å²) < 4.78 is 16.8. The monoisotopic (exact) mass is 293 g/mol. The van der Waals surface area contributed by atoms with Crippen LogP contribution in [-0.4, -0.2) is 39.1 Å². The van der Waals surface area contributed by atoms with Crippen molar-refractivity contribution in [2.45, 2.75) is 32.9 Å². The van der Waals surface area contributed by atoms with Gasteiger partial charge >= 0.3 is 0 Å². The topological polar surface area (TPSA) is 39.7 Å². The molecule has 1 heterocycles. The molecule has 1 aromatic rings. The third-order valence-corrected chi connectivity index (χ3v) is 3.42. The first-order valence-electron chi connectivity index (χ1n) is 7.86. The lowest BCUT2D eigenvalue weighted by Crippen LogP contribution is -2.20. The molecule has 21 heavy (non-hydrogen) atoms. The zero-order valence-electron chi connectivity index (χ0n) is 13.1. The van der Waals surface area contributed by atoms with Crippen LogP contribution in [0.15, 0.2) is 24.3 Å². The van der Waals surface area contributed by atoms with E-state index in [0.717, 1.165) is 38.5 Å². The van der Waals surface area contributed by atoms with Gasteiger partial charge in [-0.15, -0.1) is 0 Å². The molecule has 1 aromatic carbocycles. The second kappa shape index (κ2) is 9.03. The third kappa shape index (κ3) is 6.04. The first kappa shape index (κ1) is 16.3. The quantitative estimate of drug-likeness (QED) is 0.711. The van der Waals surface area contributed by atoms with E-state index in [2.05, 4.69) is 25.2 Å². The first-order chi connectivity index (χ1) is 10.3. The summed E-state index contributed by atoms with van der Waals surface area (Å²) >= 11 is 0. The highest BCUT2D eigenvalue weighted by Gasteiger charge is 2.15. The Morgan fingerprint density at radius 2 is 2.14 bits per heavy atom. The molecule has 0 bridgehead atoms. The summed E-state index contributed by atoms with van der Waals surface area (Å²) in [6.45, 7) is 8.99. The van der Waals surface area contributed by atoms with Crippen LogP contribution in [0.5, 0.6) is 5.75 Å². The Kier molecular flexibility index (Phi) is 7.00. The summed E-state index contributed by atoms with van der Waals surface area (Å²) in [5, 5.41) is 3.45. The summed E-state index contributed by atoms with van der Waals surface area (Å²) in [6, 6.07) is 8.18. The summed E-state index contributed by atoms with van der Waals surface area (Å²) in [6.07, 6.45) is 1.24. The van der Waals surface area contributed by atoms with Crippen LogP contribution in [0.3, 0.4) is 0 Å². The summed E-state index contributed by atoms with van der Waals surface area (Å²) in [4.78, 5) is 0. The molecule has 1 atom stereocenters. The zero-order valence-corrected chi connectivity index (χ0v) is 13.1. The second-order valence-electron chi connectivity index (χ2n) is 5.84. The number of ether oxygens (including phenoxy) is 3. The van der Waals surface area contributed by atoms with Crippen molar-refractivity contribution in [2.24, 2.45) is 5.92 Å². The van der Waals surface area contributed by atoms with Gasteiger partial charge in [0.25, 0.3) is 0 Å². The second-order valence-corrected chi connectivity index (χ2v) is 5.84. The number of para-hydroxylation sites is 1. The van der Waals surface area contributed by atoms with Gasteiger partial charge in [-0.05, 0) is 24.9 Å². The van der Waals surface area contributed by atoms with Crippen molar-refractivity contribution in [1.82, 2.24) is 5.32 Å². The molecule has 4 heteroatoms. The van der Waals surface area contributed by atoms with Gasteiger partial charge in [0, 0.05) is 18.7 Å². The lowest BCUT2D eigenvalue weighted by molar-refractivity contribution is 0.0264. The van der Waals surface area contributed by atoms with E-state index in [1.54, 1.807) is 0 Å². The van der Waals surface area contributed by atoms with Crippen LogP contribution in [-0.2, 0) is 16.0 Å². The van der Waals surface area contributed by atoms with Gasteiger partial charge in [0.15, 0.2) is 0 Å². The molecule has 0 aliphatic carbocycles. The van der Waals surface area contributed by atoms with Crippen LogP contribution in [0, 0.1) is 5.92 Å². The van der Waals surface area contributed by atoms with Crippen molar-refractivity contribution < 1.29 is 14.2 Å². The molecule has 0 spiro atoms. The smallest absolute Gasteiger partial charge is 0.123 e. The minimum atomic E-state index is 0.247. The van der Waals surface area contributed by atoms with E-state index in [9.17, 15) is 0 Å². The fraction of sp³-hybridized carbons (Fsp3) is 0.647. The zero-order chi connectivity index (χ0) is 14.9. The van der Waals surface area contributed by atoms with Crippen molar-refractivity contribution >= 4 is 0 Å². The Bertz CT molecular complexity index is 403. The Hall–Kier alpha value is -1.10. The van der Waals surface area contributed by atoms with E-state index in [-0.39, 0.29) is 6.10 Å². The SMILES string of the molecule is CC(C)CNCc1ccccc1OCCOC1CCOC1. The van der Waals surface area contributed by atoms with Crippen molar-refractivity contribution in [3.05, 3.63) is 29.8 Å². The van der Waals surface area contributed by atoms with Crippen molar-refractivity contribution in [2.75, 3.05) is 33.0 Å². The van der Waals surface area contributed by atoms with Crippen LogP contribution in [0.1, 0.15) is 25.8 Å². The van der Waals surface area contributed by atoms with Crippen LogP contribution >= 0.6 is 0 Å². The van der Waals surface area contributed by atoms with E-state index in [1.165, 1.54) is 5.56 Å². The molecular weight excluding hydrogens is 266 g/mol. The van der Waals surface area contributed by atoms with Gasteiger partial charge in [-0.3, -0.25) is 0 Å². The highest BCUT2D eigenvalue weighted by Crippen LogP contribution is 2.18. The number of rotatable bonds is 9. The van der Waals surface area contributed by atoms with Crippen LogP contribution in [0.25, 0.3) is 0 Å². The molecule has 0 saturated carbocycles. The number of hydrogen-bond donors (Lipinski definition) is 1. The molecule has 1 saturated heterocycles. The molecule has 2 rings (SSSR count). The van der Waals surface area contributed by atoms with E-state index in [0.29, 0.717) is 19.1 Å². The first-order valence-corrected chi connectivity index (χ1v) is 7.86. The minimum absolute atomic E-state index is 0.247. The van der Waals surface area contributed by atoms with Crippen LogP contribution in [0.2, 0.25) is 0 Å². The van der Waals surface area contributed by atoms with E-state index in [4.69, 9.17) is 14.2 Å². The molecule has 0 amide bonds. The number of benzene rings is 1. The maximum Gasteiger partial charge on any atom is 0.123 e. The Balaban J connectivity index is 1.71. The average molecular weight is 293 g/mol. The maximum absolute atomic E-state index is 5.85. The summed E-state index contributed by atoms with van der Waals surface area (Å²) in [5.41, 5.74) is 1.20. The lowest BCUT2D eigenvalue weighted by atomic mass is 10.2. The Morgan fingerprint density at radius 1 is 1.29 bits per heavy atom. The molecule has 1 aliphatic rings. The largest absolute Gasteiger partial charge is 0.491 e. The fourth-order valence-corrected chi connectivity index (χ4v) is 2.30. The predicted octanol–water partition coefficient (Wildman–Crippen LogP) is 2.62. The third-order valence-electron chi connectivity index (χ3n) is 3.42. The highest BCUT2D eigenvalue weighted by molar-refractivity contribution is 5.33. The van der Waals surface area contributed by atoms with Gasteiger partial charge in [0.2, 0.25) is 0 Å². The molecular formula is C17H27NO3. The molecule has 1 fully saturated rings. The highest BCUT2D eigenvalue weighted by atomic mass is 16.6. The lowest BCUT2D eigenvalue weighted by Gasteiger charge is -2.14. The predicted molar refractivity (Wildman–Crippen MR) is 83.7 cm³/mol. The molecule has 1 unspecified atom stereocenters. The van der Waals surface area contributed by atoms with Crippen LogP contribution in [0.4, 0.5) is 0 Å². The minimum Gasteiger partial charge on any atom is -0.491 e. The summed E-state index contributed by atoms with van der Waals surface area (Å²) in [5.74, 6) is 1.60. The van der Waals surface area contributed by atoms with Crippen molar-refractivity contribution in [1.29, 1.82) is 0 Å². The molecule has 0 radical (unpaired) electrons. The standard InChI is InChI=1S/C17H27NO3/c1-14(2)11-18-12-15-5-3-4-6-17(15)21-10-9-20-16-7-8-19-13-16/h3-6,14,16,18H,7-13H2,1-2H3. The van der Waals surface area contributed by atoms with E-state index < -0.39 is 0 Å². The van der Waals surface area contributed by atoms with Crippen LogP contribution < -0.4 is 10.1 Å². The van der Waals surface area contributed by atoms with E-state index >= 15 is 0 Å². The number of hydrogen-bond acceptors (Lipinski definition) is 4. The molecule has 1 N–H and O–H groups in total. The fourth-order valence-electron chi connectivity index (χ4n) is 2.30. The maximum atomic E-state index is 5.85. The van der Waals surface area contributed by atoms with Gasteiger partial charge in [0.05, 0.1) is 19.3 Å².